The number of aromatic nitrogens is 2. The number of rotatable bonds is 4. The monoisotopic (exact) mass is 367 g/mol. The molecule has 0 radical (unpaired) electrons. The highest BCUT2D eigenvalue weighted by Gasteiger charge is 2.23. The summed E-state index contributed by atoms with van der Waals surface area (Å²) in [7, 11) is 0. The number of hydrogen-bond acceptors (Lipinski definition) is 3. The van der Waals surface area contributed by atoms with Crippen molar-refractivity contribution in [3.63, 3.8) is 0 Å². The average Bonchev–Trinajstić information content (AvgIpc) is 2.84. The molecule has 1 aliphatic rings. The molecule has 2 aromatic carbocycles. The lowest BCUT2D eigenvalue weighted by Crippen LogP contribution is -2.08. The van der Waals surface area contributed by atoms with Gasteiger partial charge in [0.2, 0.25) is 0 Å². The van der Waals surface area contributed by atoms with E-state index in [4.69, 9.17) is 21.4 Å². The maximum absolute atomic E-state index is 6.23. The molecule has 0 saturated carbocycles. The van der Waals surface area contributed by atoms with Gasteiger partial charge in [0, 0.05) is 22.7 Å². The molecule has 3 aromatic rings. The van der Waals surface area contributed by atoms with Crippen LogP contribution >= 0.6 is 11.6 Å². The summed E-state index contributed by atoms with van der Waals surface area (Å²) in [5.41, 5.74) is 4.23. The van der Waals surface area contributed by atoms with Crippen molar-refractivity contribution in [1.82, 2.24) is 9.78 Å². The molecular formula is C21H22ClN3O. The zero-order valence-electron chi connectivity index (χ0n) is 14.8. The van der Waals surface area contributed by atoms with Crippen molar-refractivity contribution in [2.75, 3.05) is 18.5 Å². The predicted molar refractivity (Wildman–Crippen MR) is 107 cm³/mol. The Morgan fingerprint density at radius 2 is 2.04 bits per heavy atom. The average molecular weight is 368 g/mol. The van der Waals surface area contributed by atoms with Gasteiger partial charge < -0.3 is 10.1 Å². The predicted octanol–water partition coefficient (Wildman–Crippen LogP) is 5.34. The first-order valence-electron chi connectivity index (χ1n) is 9.12. The number of hydrogen-bond donors (Lipinski definition) is 1. The third kappa shape index (κ3) is 3.17. The van der Waals surface area contributed by atoms with E-state index < -0.39 is 0 Å². The van der Waals surface area contributed by atoms with Crippen molar-refractivity contribution in [2.24, 2.45) is 0 Å². The lowest BCUT2D eigenvalue weighted by molar-refractivity contribution is 0.338. The molecule has 0 bridgehead atoms. The minimum Gasteiger partial charge on any atom is -0.492 e. The van der Waals surface area contributed by atoms with Gasteiger partial charge in [0.25, 0.3) is 0 Å². The second-order valence-electron chi connectivity index (χ2n) is 6.38. The summed E-state index contributed by atoms with van der Waals surface area (Å²) in [5, 5.41) is 9.28. The highest BCUT2D eigenvalue weighted by atomic mass is 35.5. The smallest absolute Gasteiger partial charge is 0.145 e. The summed E-state index contributed by atoms with van der Waals surface area (Å²) in [6.45, 7) is 3.57. The number of para-hydroxylation sites is 2. The van der Waals surface area contributed by atoms with Crippen molar-refractivity contribution in [2.45, 2.75) is 26.2 Å². The van der Waals surface area contributed by atoms with E-state index in [-0.39, 0.29) is 0 Å². The van der Waals surface area contributed by atoms with Crippen LogP contribution in [0.25, 0.3) is 16.9 Å². The molecule has 0 saturated heterocycles. The Kier molecular flexibility index (Phi) is 4.85. The highest BCUT2D eigenvalue weighted by Crippen LogP contribution is 2.36. The van der Waals surface area contributed by atoms with Crippen LogP contribution in [-0.4, -0.2) is 22.9 Å². The van der Waals surface area contributed by atoms with Crippen LogP contribution in [-0.2, 0) is 6.42 Å². The van der Waals surface area contributed by atoms with E-state index in [1.807, 2.05) is 54.1 Å². The summed E-state index contributed by atoms with van der Waals surface area (Å²) in [6.07, 6.45) is 3.30. The van der Waals surface area contributed by atoms with Gasteiger partial charge in [-0.15, -0.1) is 0 Å². The first kappa shape index (κ1) is 17.0. The van der Waals surface area contributed by atoms with Gasteiger partial charge >= 0.3 is 0 Å². The van der Waals surface area contributed by atoms with Crippen molar-refractivity contribution in [3.8, 4) is 22.7 Å². The van der Waals surface area contributed by atoms with Gasteiger partial charge in [-0.05, 0) is 50.5 Å². The maximum Gasteiger partial charge on any atom is 0.145 e. The molecule has 1 N–H and O–H groups in total. The molecule has 2 heterocycles. The van der Waals surface area contributed by atoms with Gasteiger partial charge in [0.05, 0.1) is 12.3 Å². The van der Waals surface area contributed by atoms with Gasteiger partial charge in [-0.2, -0.15) is 5.10 Å². The second kappa shape index (κ2) is 7.42. The first-order valence-corrected chi connectivity index (χ1v) is 9.49. The van der Waals surface area contributed by atoms with Crippen molar-refractivity contribution in [3.05, 3.63) is 59.1 Å². The normalized spacial score (nSPS) is 13.6. The molecule has 0 aliphatic carbocycles. The fourth-order valence-corrected chi connectivity index (χ4v) is 3.64. The van der Waals surface area contributed by atoms with Crippen LogP contribution in [0.5, 0.6) is 5.75 Å². The van der Waals surface area contributed by atoms with E-state index in [0.717, 1.165) is 59.3 Å². The van der Waals surface area contributed by atoms with E-state index in [1.165, 1.54) is 5.56 Å². The van der Waals surface area contributed by atoms with Gasteiger partial charge in [-0.25, -0.2) is 4.68 Å². The molecule has 0 fully saturated rings. The van der Waals surface area contributed by atoms with Crippen molar-refractivity contribution < 1.29 is 4.74 Å². The van der Waals surface area contributed by atoms with Gasteiger partial charge in [0.15, 0.2) is 0 Å². The molecule has 5 heteroatoms. The topological polar surface area (TPSA) is 39.1 Å². The fourth-order valence-electron chi connectivity index (χ4n) is 3.45. The largest absolute Gasteiger partial charge is 0.492 e. The molecule has 0 unspecified atom stereocenters. The Balaban J connectivity index is 1.91. The van der Waals surface area contributed by atoms with Crippen LogP contribution in [0.2, 0.25) is 5.02 Å². The van der Waals surface area contributed by atoms with Crippen LogP contribution in [0.15, 0.2) is 48.5 Å². The summed E-state index contributed by atoms with van der Waals surface area (Å²) in [6, 6.07) is 16.0. The van der Waals surface area contributed by atoms with Gasteiger partial charge in [0.1, 0.15) is 17.3 Å². The Labute approximate surface area is 158 Å². The Bertz CT molecular complexity index is 919. The molecule has 1 aliphatic heterocycles. The zero-order chi connectivity index (χ0) is 17.9. The summed E-state index contributed by atoms with van der Waals surface area (Å²) in [4.78, 5) is 0. The number of halogens is 1. The minimum absolute atomic E-state index is 0.620. The molecule has 0 spiro atoms. The molecule has 0 atom stereocenters. The SMILES string of the molecule is CCOc1ccccc1-n1nc(-c2cccc(Cl)c2)c2c1NCCCC2. The maximum atomic E-state index is 6.23. The van der Waals surface area contributed by atoms with Gasteiger partial charge in [-0.3, -0.25) is 0 Å². The minimum atomic E-state index is 0.620. The van der Waals surface area contributed by atoms with E-state index in [0.29, 0.717) is 6.61 Å². The number of anilines is 1. The standard InChI is InChI=1S/C21H22ClN3O/c1-2-26-19-12-4-3-11-18(19)25-21-17(10-5-6-13-23-21)20(24-25)15-8-7-9-16(22)14-15/h3-4,7-9,11-12,14,23H,2,5-6,10,13H2,1H3. The van der Waals surface area contributed by atoms with Crippen LogP contribution in [0.3, 0.4) is 0 Å². The number of nitrogens with one attached hydrogen (secondary N) is 1. The highest BCUT2D eigenvalue weighted by molar-refractivity contribution is 6.30. The number of benzene rings is 2. The van der Waals surface area contributed by atoms with Crippen molar-refractivity contribution in [1.29, 1.82) is 0 Å². The van der Waals surface area contributed by atoms with Gasteiger partial charge in [-0.1, -0.05) is 35.9 Å². The third-order valence-electron chi connectivity index (χ3n) is 4.62. The molecular weight excluding hydrogens is 346 g/mol. The van der Waals surface area contributed by atoms with Crippen LogP contribution in [0.4, 0.5) is 5.82 Å². The van der Waals surface area contributed by atoms with E-state index in [9.17, 15) is 0 Å². The Morgan fingerprint density at radius 3 is 2.88 bits per heavy atom. The summed E-state index contributed by atoms with van der Waals surface area (Å²) >= 11 is 6.23. The molecule has 26 heavy (non-hydrogen) atoms. The third-order valence-corrected chi connectivity index (χ3v) is 4.86. The fraction of sp³-hybridized carbons (Fsp3) is 0.286. The van der Waals surface area contributed by atoms with E-state index in [1.54, 1.807) is 0 Å². The van der Waals surface area contributed by atoms with E-state index in [2.05, 4.69) is 11.4 Å². The van der Waals surface area contributed by atoms with E-state index >= 15 is 0 Å². The summed E-state index contributed by atoms with van der Waals surface area (Å²) < 4.78 is 7.83. The molecule has 4 nitrogen and oxygen atoms in total. The lowest BCUT2D eigenvalue weighted by Gasteiger charge is -2.13. The Morgan fingerprint density at radius 1 is 1.15 bits per heavy atom. The molecule has 0 amide bonds. The van der Waals surface area contributed by atoms with Crippen LogP contribution in [0.1, 0.15) is 25.3 Å². The number of fused-ring (bicyclic) bond motifs is 1. The molecule has 1 aromatic heterocycles. The first-order chi connectivity index (χ1) is 12.8. The second-order valence-corrected chi connectivity index (χ2v) is 6.82. The summed E-state index contributed by atoms with van der Waals surface area (Å²) in [5.74, 6) is 1.90. The lowest BCUT2D eigenvalue weighted by atomic mass is 10.0. The number of ether oxygens (including phenoxy) is 1. The quantitative estimate of drug-likeness (QED) is 0.676. The van der Waals surface area contributed by atoms with Crippen LogP contribution < -0.4 is 10.1 Å². The Hall–Kier alpha value is -2.46. The molecule has 134 valence electrons. The molecule has 4 rings (SSSR count). The zero-order valence-corrected chi connectivity index (χ0v) is 15.6. The van der Waals surface area contributed by atoms with Crippen LogP contribution in [0, 0.1) is 0 Å². The number of nitrogens with zero attached hydrogens (tertiary/aromatic N) is 2. The van der Waals surface area contributed by atoms with Crippen molar-refractivity contribution >= 4 is 17.4 Å².